The zero-order valence-electron chi connectivity index (χ0n) is 13.7. The van der Waals surface area contributed by atoms with E-state index in [1.165, 1.54) is 0 Å². The average molecular weight is 340 g/mol. The lowest BCUT2D eigenvalue weighted by Gasteiger charge is -2.16. The normalized spacial score (nSPS) is 12.1. The van der Waals surface area contributed by atoms with Crippen LogP contribution in [0.4, 0.5) is 5.69 Å². The molecule has 2 N–H and O–H groups in total. The molecule has 0 amide bonds. The minimum absolute atomic E-state index is 0.159. The quantitative estimate of drug-likeness (QED) is 0.698. The van der Waals surface area contributed by atoms with Crippen LogP contribution in [-0.4, -0.2) is 34.3 Å². The van der Waals surface area contributed by atoms with E-state index in [1.54, 1.807) is 7.11 Å². The third-order valence-electron chi connectivity index (χ3n) is 3.60. The van der Waals surface area contributed by atoms with Crippen molar-refractivity contribution < 1.29 is 4.74 Å². The Balaban J connectivity index is 1.68. The fraction of sp³-hybridized carbons (Fsp3) is 0.222. The number of benzene rings is 1. The van der Waals surface area contributed by atoms with E-state index in [0.29, 0.717) is 11.7 Å². The number of ether oxygens (including phenoxy) is 1. The van der Waals surface area contributed by atoms with Crippen molar-refractivity contribution in [1.29, 1.82) is 0 Å². The lowest BCUT2D eigenvalue weighted by atomic mass is 10.1. The molecule has 0 fully saturated rings. The molecule has 124 valence electrons. The number of pyridine rings is 1. The maximum absolute atomic E-state index is 5.30. The minimum atomic E-state index is 0.159. The molecule has 24 heavy (non-hydrogen) atoms. The molecule has 0 aliphatic rings. The molecule has 5 nitrogen and oxygen atoms in total. The Kier molecular flexibility index (Phi) is 5.08. The van der Waals surface area contributed by atoms with Gasteiger partial charge in [0.05, 0.1) is 12.3 Å². The second-order valence-corrected chi connectivity index (χ2v) is 6.03. The van der Waals surface area contributed by atoms with Crippen molar-refractivity contribution >= 4 is 28.7 Å². The Hall–Kier alpha value is -2.44. The molecule has 2 aromatic heterocycles. The highest BCUT2D eigenvalue weighted by Crippen LogP contribution is 2.21. The van der Waals surface area contributed by atoms with Crippen LogP contribution in [-0.2, 0) is 4.74 Å². The number of imidazole rings is 1. The third kappa shape index (κ3) is 3.90. The summed E-state index contributed by atoms with van der Waals surface area (Å²) >= 11 is 5.30. The summed E-state index contributed by atoms with van der Waals surface area (Å²) in [7, 11) is 1.67. The first-order chi connectivity index (χ1) is 11.7. The van der Waals surface area contributed by atoms with E-state index in [1.807, 2.05) is 66.2 Å². The molecular formula is C18H20N4OS. The van der Waals surface area contributed by atoms with Gasteiger partial charge in [-0.2, -0.15) is 0 Å². The first-order valence-electron chi connectivity index (χ1n) is 7.76. The number of aromatic nitrogens is 2. The van der Waals surface area contributed by atoms with Gasteiger partial charge in [0.2, 0.25) is 0 Å². The van der Waals surface area contributed by atoms with E-state index in [4.69, 9.17) is 17.0 Å². The topological polar surface area (TPSA) is 50.6 Å². The largest absolute Gasteiger partial charge is 0.383 e. The number of nitrogens with one attached hydrogen (secondary N) is 2. The molecule has 0 aliphatic heterocycles. The van der Waals surface area contributed by atoms with Crippen LogP contribution in [0.5, 0.6) is 0 Å². The van der Waals surface area contributed by atoms with Gasteiger partial charge in [0.25, 0.3) is 0 Å². The smallest absolute Gasteiger partial charge is 0.171 e. The fourth-order valence-corrected chi connectivity index (χ4v) is 2.80. The molecule has 2 heterocycles. The summed E-state index contributed by atoms with van der Waals surface area (Å²) in [6.45, 7) is 2.62. The van der Waals surface area contributed by atoms with Crippen molar-refractivity contribution in [3.8, 4) is 11.3 Å². The van der Waals surface area contributed by atoms with Gasteiger partial charge < -0.3 is 19.8 Å². The van der Waals surface area contributed by atoms with Crippen molar-refractivity contribution in [3.05, 3.63) is 54.9 Å². The van der Waals surface area contributed by atoms with E-state index in [-0.39, 0.29) is 6.04 Å². The Morgan fingerprint density at radius 2 is 2.04 bits per heavy atom. The summed E-state index contributed by atoms with van der Waals surface area (Å²) in [5.41, 5.74) is 3.88. The highest BCUT2D eigenvalue weighted by Gasteiger charge is 2.06. The molecule has 1 unspecified atom stereocenters. The SMILES string of the molecule is COCC(C)NC(=S)Nc1ccc(-c2cn3ccccc3n2)cc1. The van der Waals surface area contributed by atoms with Gasteiger partial charge in [-0.15, -0.1) is 0 Å². The number of nitrogens with zero attached hydrogens (tertiary/aromatic N) is 2. The summed E-state index contributed by atoms with van der Waals surface area (Å²) in [6, 6.07) is 14.2. The van der Waals surface area contributed by atoms with E-state index < -0.39 is 0 Å². The standard InChI is InChI=1S/C18H20N4OS/c1-13(12-23-2)19-18(24)20-15-8-6-14(7-9-15)16-11-22-10-4-3-5-17(22)21-16/h3-11,13H,12H2,1-2H3,(H2,19,20,24). The van der Waals surface area contributed by atoms with E-state index in [0.717, 1.165) is 22.6 Å². The molecule has 6 heteroatoms. The van der Waals surface area contributed by atoms with Crippen LogP contribution in [0.15, 0.2) is 54.9 Å². The van der Waals surface area contributed by atoms with Gasteiger partial charge in [-0.05, 0) is 43.4 Å². The molecular weight excluding hydrogens is 320 g/mol. The molecule has 3 rings (SSSR count). The molecule has 1 aromatic carbocycles. The molecule has 1 atom stereocenters. The van der Waals surface area contributed by atoms with Gasteiger partial charge >= 0.3 is 0 Å². The lowest BCUT2D eigenvalue weighted by Crippen LogP contribution is -2.38. The van der Waals surface area contributed by atoms with E-state index in [2.05, 4.69) is 15.6 Å². The first-order valence-corrected chi connectivity index (χ1v) is 8.17. The van der Waals surface area contributed by atoms with Crippen LogP contribution >= 0.6 is 12.2 Å². The van der Waals surface area contributed by atoms with Crippen LogP contribution in [0.2, 0.25) is 0 Å². The molecule has 3 aromatic rings. The highest BCUT2D eigenvalue weighted by molar-refractivity contribution is 7.80. The summed E-state index contributed by atoms with van der Waals surface area (Å²) < 4.78 is 7.10. The van der Waals surface area contributed by atoms with Gasteiger partial charge in [-0.3, -0.25) is 0 Å². The summed E-state index contributed by atoms with van der Waals surface area (Å²) in [5.74, 6) is 0. The number of rotatable bonds is 5. The van der Waals surface area contributed by atoms with Crippen LogP contribution in [0, 0.1) is 0 Å². The summed E-state index contributed by atoms with van der Waals surface area (Å²) in [6.07, 6.45) is 4.02. The lowest BCUT2D eigenvalue weighted by molar-refractivity contribution is 0.179. The van der Waals surface area contributed by atoms with Crippen molar-refractivity contribution in [2.75, 3.05) is 19.0 Å². The molecule has 0 aliphatic carbocycles. The van der Waals surface area contributed by atoms with Crippen LogP contribution < -0.4 is 10.6 Å². The Bertz CT molecular complexity index is 795. The Labute approximate surface area is 146 Å². The number of fused-ring (bicyclic) bond motifs is 1. The molecule has 0 saturated carbocycles. The molecule has 0 radical (unpaired) electrons. The minimum Gasteiger partial charge on any atom is -0.383 e. The van der Waals surface area contributed by atoms with Crippen LogP contribution in [0.25, 0.3) is 16.9 Å². The Morgan fingerprint density at radius 1 is 1.25 bits per heavy atom. The van der Waals surface area contributed by atoms with Gasteiger partial charge in [0, 0.05) is 36.8 Å². The van der Waals surface area contributed by atoms with Crippen molar-refractivity contribution in [2.24, 2.45) is 0 Å². The Morgan fingerprint density at radius 3 is 2.75 bits per heavy atom. The summed E-state index contributed by atoms with van der Waals surface area (Å²) in [4.78, 5) is 4.62. The maximum atomic E-state index is 5.30. The number of hydrogen-bond donors (Lipinski definition) is 2. The predicted octanol–water partition coefficient (Wildman–Crippen LogP) is 3.32. The maximum Gasteiger partial charge on any atom is 0.171 e. The van der Waals surface area contributed by atoms with Crippen LogP contribution in [0.3, 0.4) is 0 Å². The van der Waals surface area contributed by atoms with Crippen molar-refractivity contribution in [1.82, 2.24) is 14.7 Å². The van der Waals surface area contributed by atoms with Gasteiger partial charge in [0.15, 0.2) is 5.11 Å². The summed E-state index contributed by atoms with van der Waals surface area (Å²) in [5, 5.41) is 6.93. The van der Waals surface area contributed by atoms with Gasteiger partial charge in [-0.1, -0.05) is 18.2 Å². The van der Waals surface area contributed by atoms with Gasteiger partial charge in [-0.25, -0.2) is 4.98 Å². The zero-order valence-corrected chi connectivity index (χ0v) is 14.5. The first kappa shape index (κ1) is 16.4. The van der Waals surface area contributed by atoms with Crippen molar-refractivity contribution in [3.63, 3.8) is 0 Å². The van der Waals surface area contributed by atoms with E-state index in [9.17, 15) is 0 Å². The molecule has 0 saturated heterocycles. The molecule has 0 spiro atoms. The van der Waals surface area contributed by atoms with Gasteiger partial charge in [0.1, 0.15) is 5.65 Å². The fourth-order valence-electron chi connectivity index (χ4n) is 2.48. The second kappa shape index (κ2) is 7.42. The van der Waals surface area contributed by atoms with Crippen LogP contribution in [0.1, 0.15) is 6.92 Å². The number of thiocarbonyl (C=S) groups is 1. The predicted molar refractivity (Wildman–Crippen MR) is 101 cm³/mol. The number of methoxy groups -OCH3 is 1. The van der Waals surface area contributed by atoms with Crippen molar-refractivity contribution in [2.45, 2.75) is 13.0 Å². The highest BCUT2D eigenvalue weighted by atomic mass is 32.1. The second-order valence-electron chi connectivity index (χ2n) is 5.62. The third-order valence-corrected chi connectivity index (χ3v) is 3.82. The average Bonchev–Trinajstić information content (AvgIpc) is 2.99. The van der Waals surface area contributed by atoms with E-state index >= 15 is 0 Å². The zero-order chi connectivity index (χ0) is 16.9. The number of anilines is 1. The monoisotopic (exact) mass is 340 g/mol. The number of hydrogen-bond acceptors (Lipinski definition) is 3. The molecule has 0 bridgehead atoms.